The number of aryl methyl sites for hydroxylation is 1. The highest BCUT2D eigenvalue weighted by molar-refractivity contribution is 5.78. The minimum absolute atomic E-state index is 0.255. The first kappa shape index (κ1) is 18.2. The van der Waals surface area contributed by atoms with E-state index >= 15 is 0 Å². The summed E-state index contributed by atoms with van der Waals surface area (Å²) in [6.07, 6.45) is 4.36. The molecule has 27 heavy (non-hydrogen) atoms. The van der Waals surface area contributed by atoms with E-state index in [1.165, 1.54) is 5.56 Å². The molecule has 2 saturated heterocycles. The zero-order chi connectivity index (χ0) is 18.6. The third kappa shape index (κ3) is 4.38. The van der Waals surface area contributed by atoms with Crippen molar-refractivity contribution >= 4 is 5.91 Å². The molecule has 1 amide bonds. The zero-order valence-corrected chi connectivity index (χ0v) is 16.1. The summed E-state index contributed by atoms with van der Waals surface area (Å²) in [6, 6.07) is 10.8. The SMILES string of the molecule is Cc1nc([C@H]2CCCN(C(=O)CN3CCC(c4ccccc4)CC3)C2)n[nH]1. The van der Waals surface area contributed by atoms with Gasteiger partial charge in [-0.3, -0.25) is 14.8 Å². The number of nitrogens with one attached hydrogen (secondary N) is 1. The van der Waals surface area contributed by atoms with Crippen LogP contribution in [0.25, 0.3) is 0 Å². The second-order valence-electron chi connectivity index (χ2n) is 7.92. The van der Waals surface area contributed by atoms with E-state index in [2.05, 4.69) is 50.4 Å². The number of carbonyl (C=O) groups is 1. The molecule has 2 aromatic rings. The Morgan fingerprint density at radius 2 is 1.89 bits per heavy atom. The number of benzene rings is 1. The third-order valence-electron chi connectivity index (χ3n) is 5.97. The van der Waals surface area contributed by atoms with Crippen molar-refractivity contribution in [1.82, 2.24) is 25.0 Å². The maximum absolute atomic E-state index is 12.8. The van der Waals surface area contributed by atoms with Gasteiger partial charge in [0, 0.05) is 19.0 Å². The van der Waals surface area contributed by atoms with Crippen LogP contribution in [0.3, 0.4) is 0 Å². The second-order valence-corrected chi connectivity index (χ2v) is 7.92. The summed E-state index contributed by atoms with van der Waals surface area (Å²) in [6.45, 7) is 6.07. The van der Waals surface area contributed by atoms with Crippen LogP contribution in [0.1, 0.15) is 54.7 Å². The summed E-state index contributed by atoms with van der Waals surface area (Å²) in [5, 5.41) is 7.22. The van der Waals surface area contributed by atoms with E-state index in [1.807, 2.05) is 11.8 Å². The quantitative estimate of drug-likeness (QED) is 0.902. The second kappa shape index (κ2) is 8.21. The molecule has 0 saturated carbocycles. The number of nitrogens with zero attached hydrogens (tertiary/aromatic N) is 4. The predicted molar refractivity (Wildman–Crippen MR) is 105 cm³/mol. The van der Waals surface area contributed by atoms with Crippen molar-refractivity contribution < 1.29 is 4.79 Å². The Balaban J connectivity index is 1.28. The Morgan fingerprint density at radius 1 is 1.11 bits per heavy atom. The average molecular weight is 367 g/mol. The van der Waals surface area contributed by atoms with Gasteiger partial charge in [-0.2, -0.15) is 5.10 Å². The zero-order valence-electron chi connectivity index (χ0n) is 16.1. The fraction of sp³-hybridized carbons (Fsp3) is 0.571. The number of aromatic nitrogens is 3. The maximum Gasteiger partial charge on any atom is 0.236 e. The van der Waals surface area contributed by atoms with Gasteiger partial charge in [0.05, 0.1) is 6.54 Å². The summed E-state index contributed by atoms with van der Waals surface area (Å²) in [4.78, 5) is 21.6. The highest BCUT2D eigenvalue weighted by atomic mass is 16.2. The normalized spacial score (nSPS) is 22.1. The van der Waals surface area contributed by atoms with Gasteiger partial charge in [-0.15, -0.1) is 0 Å². The number of likely N-dealkylation sites (tertiary alicyclic amines) is 2. The van der Waals surface area contributed by atoms with Crippen LogP contribution in [-0.4, -0.2) is 63.6 Å². The Morgan fingerprint density at radius 3 is 2.59 bits per heavy atom. The summed E-state index contributed by atoms with van der Waals surface area (Å²) < 4.78 is 0. The molecule has 0 radical (unpaired) electrons. The standard InChI is InChI=1S/C21H29N5O/c1-16-22-21(24-23-16)19-8-5-11-26(14-19)20(27)15-25-12-9-18(10-13-25)17-6-3-2-4-7-17/h2-4,6-7,18-19H,5,8-15H2,1H3,(H,22,23,24)/t19-/m0/s1. The minimum atomic E-state index is 0.255. The molecule has 144 valence electrons. The Labute approximate surface area is 161 Å². The molecule has 6 heteroatoms. The van der Waals surface area contributed by atoms with E-state index in [-0.39, 0.29) is 11.8 Å². The maximum atomic E-state index is 12.8. The van der Waals surface area contributed by atoms with E-state index in [9.17, 15) is 4.79 Å². The van der Waals surface area contributed by atoms with Crippen LogP contribution in [0.15, 0.2) is 30.3 Å². The van der Waals surface area contributed by atoms with E-state index < -0.39 is 0 Å². The molecule has 2 aliphatic rings. The van der Waals surface area contributed by atoms with Crippen LogP contribution in [0.5, 0.6) is 0 Å². The first-order chi connectivity index (χ1) is 13.2. The smallest absolute Gasteiger partial charge is 0.236 e. The van der Waals surface area contributed by atoms with Gasteiger partial charge in [0.15, 0.2) is 5.82 Å². The lowest BCUT2D eigenvalue weighted by Crippen LogP contribution is -2.46. The Hall–Kier alpha value is -2.21. The van der Waals surface area contributed by atoms with E-state index in [0.717, 1.165) is 63.5 Å². The minimum Gasteiger partial charge on any atom is -0.341 e. The number of hydrogen-bond acceptors (Lipinski definition) is 4. The molecule has 1 aromatic heterocycles. The Kier molecular flexibility index (Phi) is 5.53. The lowest BCUT2D eigenvalue weighted by molar-refractivity contribution is -0.134. The molecule has 1 atom stereocenters. The van der Waals surface area contributed by atoms with Crippen molar-refractivity contribution in [2.45, 2.75) is 44.4 Å². The summed E-state index contributed by atoms with van der Waals surface area (Å²) in [5.41, 5.74) is 1.43. The van der Waals surface area contributed by atoms with Crippen molar-refractivity contribution in [3.8, 4) is 0 Å². The number of aromatic amines is 1. The molecule has 0 unspecified atom stereocenters. The van der Waals surface area contributed by atoms with Gasteiger partial charge in [-0.25, -0.2) is 4.98 Å². The number of carbonyl (C=O) groups excluding carboxylic acids is 1. The number of hydrogen-bond donors (Lipinski definition) is 1. The largest absolute Gasteiger partial charge is 0.341 e. The Bertz CT molecular complexity index is 751. The molecular formula is C21H29N5O. The van der Waals surface area contributed by atoms with Crippen molar-refractivity contribution in [3.05, 3.63) is 47.5 Å². The number of amides is 1. The molecule has 2 aliphatic heterocycles. The van der Waals surface area contributed by atoms with Crippen LogP contribution >= 0.6 is 0 Å². The first-order valence-electron chi connectivity index (χ1n) is 10.1. The highest BCUT2D eigenvalue weighted by Gasteiger charge is 2.29. The average Bonchev–Trinajstić information content (AvgIpc) is 3.16. The highest BCUT2D eigenvalue weighted by Crippen LogP contribution is 2.28. The monoisotopic (exact) mass is 367 g/mol. The lowest BCUT2D eigenvalue weighted by atomic mass is 9.89. The molecule has 0 bridgehead atoms. The topological polar surface area (TPSA) is 65.1 Å². The lowest BCUT2D eigenvalue weighted by Gasteiger charge is -2.35. The summed E-state index contributed by atoms with van der Waals surface area (Å²) >= 11 is 0. The number of H-pyrrole nitrogens is 1. The fourth-order valence-electron chi connectivity index (χ4n) is 4.40. The first-order valence-corrected chi connectivity index (χ1v) is 10.1. The van der Waals surface area contributed by atoms with Crippen LogP contribution in [-0.2, 0) is 4.79 Å². The molecule has 1 aromatic carbocycles. The molecule has 3 heterocycles. The molecule has 0 aliphatic carbocycles. The van der Waals surface area contributed by atoms with Gasteiger partial charge >= 0.3 is 0 Å². The van der Waals surface area contributed by atoms with Crippen molar-refractivity contribution in [1.29, 1.82) is 0 Å². The van der Waals surface area contributed by atoms with Crippen molar-refractivity contribution in [2.24, 2.45) is 0 Å². The van der Waals surface area contributed by atoms with Gasteiger partial charge < -0.3 is 4.90 Å². The van der Waals surface area contributed by atoms with Crippen LogP contribution in [0.2, 0.25) is 0 Å². The van der Waals surface area contributed by atoms with E-state index in [1.54, 1.807) is 0 Å². The fourth-order valence-corrected chi connectivity index (χ4v) is 4.40. The van der Waals surface area contributed by atoms with E-state index in [4.69, 9.17) is 0 Å². The summed E-state index contributed by atoms with van der Waals surface area (Å²) in [5.74, 6) is 2.84. The molecule has 0 spiro atoms. The van der Waals surface area contributed by atoms with Gasteiger partial charge in [0.2, 0.25) is 5.91 Å². The summed E-state index contributed by atoms with van der Waals surface area (Å²) in [7, 11) is 0. The van der Waals surface area contributed by atoms with Crippen LogP contribution in [0.4, 0.5) is 0 Å². The van der Waals surface area contributed by atoms with Crippen molar-refractivity contribution in [3.63, 3.8) is 0 Å². The van der Waals surface area contributed by atoms with E-state index in [0.29, 0.717) is 12.5 Å². The van der Waals surface area contributed by atoms with Crippen molar-refractivity contribution in [2.75, 3.05) is 32.7 Å². The molecule has 1 N–H and O–H groups in total. The number of rotatable bonds is 4. The third-order valence-corrected chi connectivity index (χ3v) is 5.97. The van der Waals surface area contributed by atoms with Crippen LogP contribution in [0, 0.1) is 6.92 Å². The predicted octanol–water partition coefficient (Wildman–Crippen LogP) is 2.70. The van der Waals surface area contributed by atoms with Gasteiger partial charge in [-0.1, -0.05) is 30.3 Å². The van der Waals surface area contributed by atoms with Gasteiger partial charge in [0.1, 0.15) is 5.82 Å². The molecule has 2 fully saturated rings. The van der Waals surface area contributed by atoms with Gasteiger partial charge in [0.25, 0.3) is 0 Å². The number of piperidine rings is 2. The molecule has 6 nitrogen and oxygen atoms in total. The molecular weight excluding hydrogens is 338 g/mol. The van der Waals surface area contributed by atoms with Gasteiger partial charge in [-0.05, 0) is 57.2 Å². The van der Waals surface area contributed by atoms with Crippen LogP contribution < -0.4 is 0 Å². The molecule has 4 rings (SSSR count).